The van der Waals surface area contributed by atoms with E-state index < -0.39 is 46.4 Å². The van der Waals surface area contributed by atoms with Crippen LogP contribution in [0.3, 0.4) is 0 Å². The number of halogens is 4. The largest absolute Gasteiger partial charge is 2.00 e. The van der Waals surface area contributed by atoms with Crippen LogP contribution < -0.4 is 22.3 Å². The van der Waals surface area contributed by atoms with E-state index in [-0.39, 0.29) is 131 Å². The van der Waals surface area contributed by atoms with E-state index in [1.54, 1.807) is 47.4 Å². The first kappa shape index (κ1) is 127. The van der Waals surface area contributed by atoms with E-state index in [0.717, 1.165) is 103 Å². The molecule has 0 unspecified atom stereocenters. The quantitative estimate of drug-likeness (QED) is 0.0205. The molecule has 6 aliphatic rings. The average molecular weight is 1910 g/mol. The van der Waals surface area contributed by atoms with Gasteiger partial charge in [0.05, 0.1) is 37.3 Å². The molecule has 0 spiro atoms. The smallest absolute Gasteiger partial charge is 1.00 e. The molecule has 0 radical (unpaired) electrons. The van der Waals surface area contributed by atoms with Gasteiger partial charge in [-0.2, -0.15) is 23.4 Å². The summed E-state index contributed by atoms with van der Waals surface area (Å²) in [6.07, 6.45) is 6.66. The van der Waals surface area contributed by atoms with E-state index in [4.69, 9.17) is 43.2 Å². The number of aromatic nitrogens is 4. The molecule has 736 valence electrons. The van der Waals surface area contributed by atoms with Gasteiger partial charge in [-0.05, 0) is 254 Å². The monoisotopic (exact) mass is 1900 g/mol. The Hall–Kier alpha value is -7.35. The summed E-state index contributed by atoms with van der Waals surface area (Å²) in [6, 6.07) is 4.54. The van der Waals surface area contributed by atoms with Crippen molar-refractivity contribution in [2.45, 2.75) is 328 Å². The zero-order valence-corrected chi connectivity index (χ0v) is 85.7. The zero-order chi connectivity index (χ0) is 96.0. The Kier molecular flexibility index (Phi) is 63.1. The van der Waals surface area contributed by atoms with Crippen molar-refractivity contribution in [2.75, 3.05) is 113 Å². The number of nitrogens with one attached hydrogen (secondary N) is 1. The summed E-state index contributed by atoms with van der Waals surface area (Å²) in [5, 5.41) is 32.6. The molecule has 0 aromatic carbocycles. The molecule has 32 nitrogen and oxygen atoms in total. The van der Waals surface area contributed by atoms with Crippen molar-refractivity contribution in [3.63, 3.8) is 0 Å². The van der Waals surface area contributed by atoms with E-state index in [2.05, 4.69) is 69.4 Å². The number of aldehydes is 1. The third-order valence-corrected chi connectivity index (χ3v) is 19.9. The van der Waals surface area contributed by atoms with Crippen LogP contribution in [0.1, 0.15) is 291 Å². The van der Waals surface area contributed by atoms with Crippen LogP contribution in [-0.2, 0) is 92.7 Å². The SMILES string of the molecule is CC(=O)C1CCN(C(=O)OC(C)(C)C)CC1.CC(C)(C)OC(=O)N1CCC(C(=O)O)CC1.CCC(=O)C=C(O)C1CCN(C(=O)OC(C)(C)C)CC1.CCC(=O)OC.CCOCC.CCc1cc(C2CCN(C(=O)OC(C)(C)C)CC2)n(CC)n1.CCc1cc(C2CCNCC2)n(CC)n1.CON(C)C(=O)C1CCN(C(=O)OC(C)(C)C)CC1.O=CC(F)(F)F.[Br-].[CH3-].[Mg+2]. The molecule has 6 saturated heterocycles. The standard InChI is InChI=1S/C17H29N3O2.C15H25NO4.C13H24N2O4.C12H21N3.C12H21NO3.C11H19NO4.C4H8O2.C4H10O.C2HF3O.CH3.BrH.Mg/c1-6-14-12-15(20(7-2)18-14)13-8-10-19(11-9-13)16(21)22-17(3,4)5;1-5-12(17)10-13(18)11-6-8-16(9-7-11)14(19)20-15(2,3)4;1-13(2,3)19-12(17)15-8-6-10(7-9-15)11(16)14(4)18-5;1-3-11-9-12(15(4-2)14-11)10-5-7-13-8-6-10;1-9(14)10-5-7-13(8-6-10)11(15)16-12(2,3)4;1-11(2,3)16-10(15)12-6-4-8(5-7-12)9(13)14;1-3-4(5)6-2;1-3-5-4-2;3-2(4,5)1-6;;;/h12-13H,6-11H2,1-5H3;10-11,18H,5-9H2,1-4H3;10H,6-9H2,1-5H3;9-10,13H,3-8H2,1-2H3;10H,5-8H2,1-4H3;8H,4-7H2,1-3H3,(H,13,14);3H2,1-2H3;3-4H2,1-2H3;1H;1H3;1H;/q;;;;;;;;;-1;;+2/p-1. The fraction of sp³-hybridized carbons (Fsp3) is 0.780. The van der Waals surface area contributed by atoms with Gasteiger partial charge in [0.25, 0.3) is 0 Å². The summed E-state index contributed by atoms with van der Waals surface area (Å²) in [5.41, 5.74) is 2.82. The number of nitrogens with zero attached hydrogens (tertiary/aromatic N) is 10. The molecule has 37 heteroatoms. The second-order valence-corrected chi connectivity index (χ2v) is 35.9. The number of aliphatic carboxylic acids is 1. The summed E-state index contributed by atoms with van der Waals surface area (Å²) in [6.45, 7) is 57.3. The van der Waals surface area contributed by atoms with Gasteiger partial charge in [0.15, 0.2) is 5.78 Å². The maximum atomic E-state index is 12.1. The first-order chi connectivity index (χ1) is 58.0. The van der Waals surface area contributed by atoms with Gasteiger partial charge in [-0.1, -0.05) is 27.7 Å². The summed E-state index contributed by atoms with van der Waals surface area (Å²) in [7, 11) is 4.45. The summed E-state index contributed by atoms with van der Waals surface area (Å²) in [5.74, 6) is 0.224. The number of carboxylic acid groups (broad SMARTS) is 1. The topological polar surface area (TPSA) is 369 Å². The van der Waals surface area contributed by atoms with E-state index >= 15 is 0 Å². The molecule has 0 atom stereocenters. The minimum absolute atomic E-state index is 0. The maximum Gasteiger partial charge on any atom is 2.00 e. The number of ketones is 2. The molecule has 6 aliphatic heterocycles. The predicted molar refractivity (Wildman–Crippen MR) is 484 cm³/mol. The predicted octanol–water partition coefficient (Wildman–Crippen LogP) is 13.6. The van der Waals surface area contributed by atoms with E-state index in [1.165, 1.54) is 55.3 Å². The van der Waals surface area contributed by atoms with Crippen LogP contribution in [0.4, 0.5) is 37.1 Å². The first-order valence-electron chi connectivity index (χ1n) is 44.4. The molecule has 0 bridgehead atoms. The van der Waals surface area contributed by atoms with Crippen LogP contribution in [0, 0.1) is 31.1 Å². The number of amides is 6. The Balaban J connectivity index is -0.000000693. The molecule has 0 saturated carbocycles. The van der Waals surface area contributed by atoms with E-state index in [9.17, 15) is 66.2 Å². The van der Waals surface area contributed by atoms with Crippen LogP contribution in [0.15, 0.2) is 24.0 Å². The van der Waals surface area contributed by atoms with Crippen molar-refractivity contribution in [3.05, 3.63) is 54.2 Å². The van der Waals surface area contributed by atoms with Crippen LogP contribution in [0.25, 0.3) is 0 Å². The number of likely N-dealkylation sites (tertiary alicyclic amines) is 5. The number of Topliss-reactive ketones (excluding diaryl/α,β-unsaturated/α-hetero) is 1. The summed E-state index contributed by atoms with van der Waals surface area (Å²) >= 11 is 0. The van der Waals surface area contributed by atoms with Gasteiger partial charge >= 0.3 is 71.6 Å². The number of carboxylic acids is 1. The Morgan fingerprint density at radius 3 is 0.992 bits per heavy atom. The van der Waals surface area contributed by atoms with Gasteiger partial charge in [0.2, 0.25) is 12.2 Å². The van der Waals surface area contributed by atoms with Gasteiger partial charge in [-0.15, -0.1) is 0 Å². The zero-order valence-electron chi connectivity index (χ0n) is 82.7. The molecule has 0 aliphatic carbocycles. The van der Waals surface area contributed by atoms with Crippen molar-refractivity contribution in [3.8, 4) is 0 Å². The van der Waals surface area contributed by atoms with Gasteiger partial charge < -0.3 is 97.6 Å². The normalized spacial score (nSPS) is 16.2. The Morgan fingerprint density at radius 2 is 0.766 bits per heavy atom. The Bertz CT molecular complexity index is 3500. The van der Waals surface area contributed by atoms with Gasteiger partial charge in [0.1, 0.15) is 33.8 Å². The molecule has 8 heterocycles. The van der Waals surface area contributed by atoms with Crippen molar-refractivity contribution >= 4 is 89.2 Å². The number of hydroxylamine groups is 2. The number of hydrogen-bond donors (Lipinski definition) is 3. The number of alkyl halides is 3. The van der Waals surface area contributed by atoms with Crippen LogP contribution in [0.2, 0.25) is 0 Å². The number of piperidine rings is 6. The fourth-order valence-electron chi connectivity index (χ4n) is 13.1. The van der Waals surface area contributed by atoms with Crippen LogP contribution >= 0.6 is 0 Å². The number of rotatable bonds is 16. The summed E-state index contributed by atoms with van der Waals surface area (Å²) < 4.78 is 71.2. The van der Waals surface area contributed by atoms with Crippen LogP contribution in [0.5, 0.6) is 0 Å². The number of aliphatic hydroxyl groups excluding tert-OH is 1. The molecule has 2 aromatic rings. The maximum absolute atomic E-state index is 12.1. The third-order valence-electron chi connectivity index (χ3n) is 19.9. The average Bonchev–Trinajstić information content (AvgIpc) is 1.68. The third kappa shape index (κ3) is 55.1. The second-order valence-electron chi connectivity index (χ2n) is 35.9. The number of carbonyl (C=O) groups is 11. The van der Waals surface area contributed by atoms with Crippen molar-refractivity contribution in [1.29, 1.82) is 0 Å². The van der Waals surface area contributed by atoms with Gasteiger partial charge in [-0.25, -0.2) is 29.0 Å². The number of hydrogen-bond acceptors (Lipinski definition) is 23. The molecule has 128 heavy (non-hydrogen) atoms. The molecule has 3 N–H and O–H groups in total. The molecule has 2 aromatic heterocycles. The molecular formula is C91H161BrF3MgN11O21. The molecule has 6 fully saturated rings. The molecular weight excluding hydrogens is 1740 g/mol. The number of ether oxygens (including phenoxy) is 7. The number of methoxy groups -OCH3 is 1. The number of carbonyl (C=O) groups excluding carboxylic acids is 10. The van der Waals surface area contributed by atoms with Crippen molar-refractivity contribution in [1.82, 2.24) is 54.4 Å². The van der Waals surface area contributed by atoms with Gasteiger partial charge in [0, 0.05) is 159 Å². The Labute approximate surface area is 789 Å². The fourth-order valence-corrected chi connectivity index (χ4v) is 13.1. The number of aryl methyl sites for hydroxylation is 4. The molecule has 8 rings (SSSR count). The van der Waals surface area contributed by atoms with Crippen LogP contribution in [-0.4, -0.2) is 296 Å². The second kappa shape index (κ2) is 63.7. The first-order valence-corrected chi connectivity index (χ1v) is 44.4. The van der Waals surface area contributed by atoms with Crippen molar-refractivity contribution in [2.24, 2.45) is 23.7 Å². The number of allylic oxidation sites excluding steroid dienone is 2. The number of aliphatic hydroxyl groups is 1. The van der Waals surface area contributed by atoms with Gasteiger partial charge in [-0.3, -0.25) is 43.0 Å². The van der Waals surface area contributed by atoms with Crippen molar-refractivity contribution < 1.29 is 131 Å². The summed E-state index contributed by atoms with van der Waals surface area (Å²) in [4.78, 5) is 136. The molecule has 6 amide bonds. The minimum atomic E-state index is -4.64. The van der Waals surface area contributed by atoms with E-state index in [0.29, 0.717) is 110 Å². The Morgan fingerprint density at radius 1 is 0.477 bits per heavy atom. The minimum Gasteiger partial charge on any atom is -1.00 e. The number of esters is 1. The van der Waals surface area contributed by atoms with E-state index in [1.807, 2.05) is 123 Å².